The summed E-state index contributed by atoms with van der Waals surface area (Å²) in [5, 5.41) is 2.13. The van der Waals surface area contributed by atoms with Crippen molar-refractivity contribution in [1.82, 2.24) is 4.98 Å². The molecule has 0 spiro atoms. The minimum Gasteiger partial charge on any atom is -0.328 e. The molecule has 0 radical (unpaired) electrons. The van der Waals surface area contributed by atoms with E-state index in [1.807, 2.05) is 5.51 Å². The van der Waals surface area contributed by atoms with Crippen molar-refractivity contribution in [1.29, 1.82) is 0 Å². The standard InChI is InChI=1S/C8H12N2S/c1-5(9)6-2-7(6)8-3-11-4-10-8/h3-7H,2,9H2,1H3. The largest absolute Gasteiger partial charge is 0.328 e. The highest BCUT2D eigenvalue weighted by molar-refractivity contribution is 7.07. The molecule has 1 aromatic heterocycles. The summed E-state index contributed by atoms with van der Waals surface area (Å²) in [6.07, 6.45) is 1.24. The minimum atomic E-state index is 0.335. The van der Waals surface area contributed by atoms with E-state index in [4.69, 9.17) is 5.73 Å². The molecule has 1 saturated carbocycles. The van der Waals surface area contributed by atoms with E-state index in [0.29, 0.717) is 17.9 Å². The summed E-state index contributed by atoms with van der Waals surface area (Å²) in [5.74, 6) is 1.36. The molecule has 1 aliphatic carbocycles. The van der Waals surface area contributed by atoms with E-state index < -0.39 is 0 Å². The van der Waals surface area contributed by atoms with Crippen molar-refractivity contribution < 1.29 is 0 Å². The number of rotatable bonds is 2. The second-order valence-electron chi connectivity index (χ2n) is 3.28. The first-order valence-electron chi connectivity index (χ1n) is 3.92. The summed E-state index contributed by atoms with van der Waals surface area (Å²) >= 11 is 1.67. The second-order valence-corrected chi connectivity index (χ2v) is 4.00. The van der Waals surface area contributed by atoms with Gasteiger partial charge >= 0.3 is 0 Å². The lowest BCUT2D eigenvalue weighted by molar-refractivity contribution is 0.629. The minimum absolute atomic E-state index is 0.335. The highest BCUT2D eigenvalue weighted by atomic mass is 32.1. The zero-order chi connectivity index (χ0) is 7.84. The maximum absolute atomic E-state index is 5.77. The van der Waals surface area contributed by atoms with E-state index in [2.05, 4.69) is 17.3 Å². The maximum Gasteiger partial charge on any atom is 0.0794 e. The quantitative estimate of drug-likeness (QED) is 0.728. The van der Waals surface area contributed by atoms with Gasteiger partial charge in [-0.15, -0.1) is 11.3 Å². The molecule has 3 atom stereocenters. The molecule has 2 nitrogen and oxygen atoms in total. The van der Waals surface area contributed by atoms with Gasteiger partial charge in [0.2, 0.25) is 0 Å². The zero-order valence-corrected chi connectivity index (χ0v) is 7.34. The Bertz CT molecular complexity index is 230. The van der Waals surface area contributed by atoms with Gasteiger partial charge in [-0.3, -0.25) is 0 Å². The van der Waals surface area contributed by atoms with Gasteiger partial charge in [0.05, 0.1) is 11.2 Å². The predicted octanol–water partition coefficient (Wildman–Crippen LogP) is 1.59. The summed E-state index contributed by atoms with van der Waals surface area (Å²) in [4.78, 5) is 4.27. The molecule has 0 aromatic carbocycles. The summed E-state index contributed by atoms with van der Waals surface area (Å²) in [5.41, 5.74) is 8.91. The van der Waals surface area contributed by atoms with E-state index in [0.717, 1.165) is 0 Å². The predicted molar refractivity (Wildman–Crippen MR) is 46.6 cm³/mol. The van der Waals surface area contributed by atoms with Crippen molar-refractivity contribution in [3.05, 3.63) is 16.6 Å². The van der Waals surface area contributed by atoms with E-state index in [9.17, 15) is 0 Å². The van der Waals surface area contributed by atoms with Crippen molar-refractivity contribution in [2.24, 2.45) is 11.7 Å². The number of aromatic nitrogens is 1. The molecule has 2 rings (SSSR count). The monoisotopic (exact) mass is 168 g/mol. The Morgan fingerprint density at radius 1 is 1.82 bits per heavy atom. The Hall–Kier alpha value is -0.410. The summed E-state index contributed by atoms with van der Waals surface area (Å²) < 4.78 is 0. The van der Waals surface area contributed by atoms with Gasteiger partial charge < -0.3 is 5.73 Å². The molecule has 1 aromatic rings. The summed E-state index contributed by atoms with van der Waals surface area (Å²) in [6.45, 7) is 2.08. The summed E-state index contributed by atoms with van der Waals surface area (Å²) in [6, 6.07) is 0.335. The van der Waals surface area contributed by atoms with Crippen molar-refractivity contribution in [3.8, 4) is 0 Å². The van der Waals surface area contributed by atoms with Gasteiger partial charge in [-0.2, -0.15) is 0 Å². The summed E-state index contributed by atoms with van der Waals surface area (Å²) in [7, 11) is 0. The van der Waals surface area contributed by atoms with Crippen LogP contribution in [0.4, 0.5) is 0 Å². The van der Waals surface area contributed by atoms with Crippen LogP contribution < -0.4 is 5.73 Å². The molecule has 0 aliphatic heterocycles. The molecule has 3 heteroatoms. The normalized spacial score (nSPS) is 31.8. The van der Waals surface area contributed by atoms with Crippen LogP contribution in [0.2, 0.25) is 0 Å². The van der Waals surface area contributed by atoms with Crippen molar-refractivity contribution in [3.63, 3.8) is 0 Å². The Morgan fingerprint density at radius 2 is 2.64 bits per heavy atom. The number of hydrogen-bond donors (Lipinski definition) is 1. The topological polar surface area (TPSA) is 38.9 Å². The van der Waals surface area contributed by atoms with Crippen LogP contribution >= 0.6 is 11.3 Å². The van der Waals surface area contributed by atoms with Crippen LogP contribution in [0.1, 0.15) is 25.0 Å². The van der Waals surface area contributed by atoms with E-state index >= 15 is 0 Å². The van der Waals surface area contributed by atoms with Crippen LogP contribution in [0, 0.1) is 5.92 Å². The first-order valence-corrected chi connectivity index (χ1v) is 4.87. The van der Waals surface area contributed by atoms with Gasteiger partial charge in [-0.1, -0.05) is 0 Å². The van der Waals surface area contributed by atoms with E-state index in [-0.39, 0.29) is 0 Å². The molecule has 0 bridgehead atoms. The third kappa shape index (κ3) is 1.30. The highest BCUT2D eigenvalue weighted by Gasteiger charge is 2.41. The number of thiazole rings is 1. The fourth-order valence-corrected chi connectivity index (χ4v) is 2.16. The van der Waals surface area contributed by atoms with Crippen LogP contribution in [-0.2, 0) is 0 Å². The maximum atomic E-state index is 5.77. The lowest BCUT2D eigenvalue weighted by Crippen LogP contribution is -2.17. The Labute approximate surface area is 70.5 Å². The lowest BCUT2D eigenvalue weighted by Gasteiger charge is -2.00. The molecular formula is C8H12N2S. The fourth-order valence-electron chi connectivity index (χ4n) is 1.54. The molecule has 60 valence electrons. The Morgan fingerprint density at radius 3 is 3.09 bits per heavy atom. The molecule has 1 fully saturated rings. The van der Waals surface area contributed by atoms with Gasteiger partial charge in [0.15, 0.2) is 0 Å². The smallest absolute Gasteiger partial charge is 0.0794 e. The SMILES string of the molecule is CC(N)C1CC1c1cscn1. The van der Waals surface area contributed by atoms with Crippen molar-refractivity contribution >= 4 is 11.3 Å². The molecule has 3 unspecified atom stereocenters. The van der Waals surface area contributed by atoms with Gasteiger partial charge in [0, 0.05) is 17.3 Å². The third-order valence-electron chi connectivity index (χ3n) is 2.35. The number of hydrogen-bond acceptors (Lipinski definition) is 3. The molecule has 1 heterocycles. The molecule has 11 heavy (non-hydrogen) atoms. The average molecular weight is 168 g/mol. The van der Waals surface area contributed by atoms with Crippen molar-refractivity contribution in [2.45, 2.75) is 25.3 Å². The highest BCUT2D eigenvalue weighted by Crippen LogP contribution is 2.48. The Kier molecular flexibility index (Phi) is 1.69. The van der Waals surface area contributed by atoms with Crippen LogP contribution in [0.3, 0.4) is 0 Å². The molecule has 0 saturated heterocycles. The lowest BCUT2D eigenvalue weighted by atomic mass is 10.2. The number of nitrogens with two attached hydrogens (primary N) is 1. The van der Waals surface area contributed by atoms with Crippen LogP contribution in [0.15, 0.2) is 10.9 Å². The first kappa shape index (κ1) is 7.25. The van der Waals surface area contributed by atoms with Gasteiger partial charge in [-0.25, -0.2) is 4.98 Å². The van der Waals surface area contributed by atoms with Crippen molar-refractivity contribution in [2.75, 3.05) is 0 Å². The zero-order valence-electron chi connectivity index (χ0n) is 6.53. The van der Waals surface area contributed by atoms with Crippen LogP contribution in [0.25, 0.3) is 0 Å². The first-order chi connectivity index (χ1) is 5.29. The fraction of sp³-hybridized carbons (Fsp3) is 0.625. The molecule has 0 amide bonds. The molecule has 2 N–H and O–H groups in total. The van der Waals surface area contributed by atoms with E-state index in [1.165, 1.54) is 12.1 Å². The molecule has 1 aliphatic rings. The van der Waals surface area contributed by atoms with Gasteiger partial charge in [0.1, 0.15) is 0 Å². The van der Waals surface area contributed by atoms with Gasteiger partial charge in [0.25, 0.3) is 0 Å². The second kappa shape index (κ2) is 2.57. The van der Waals surface area contributed by atoms with Crippen LogP contribution in [0.5, 0.6) is 0 Å². The van der Waals surface area contributed by atoms with Crippen LogP contribution in [-0.4, -0.2) is 11.0 Å². The number of nitrogens with zero attached hydrogens (tertiary/aromatic N) is 1. The van der Waals surface area contributed by atoms with Gasteiger partial charge in [-0.05, 0) is 19.3 Å². The average Bonchev–Trinajstić information content (AvgIpc) is 2.60. The van der Waals surface area contributed by atoms with E-state index in [1.54, 1.807) is 11.3 Å². The third-order valence-corrected chi connectivity index (χ3v) is 2.95. The molecular weight excluding hydrogens is 156 g/mol. The Balaban J connectivity index is 2.02.